The van der Waals surface area contributed by atoms with Gasteiger partial charge in [-0.3, -0.25) is 9.78 Å². The van der Waals surface area contributed by atoms with Crippen molar-refractivity contribution < 1.29 is 14.3 Å². The van der Waals surface area contributed by atoms with Gasteiger partial charge in [-0.05, 0) is 29.3 Å². The largest absolute Gasteiger partial charge is 0.467 e. The van der Waals surface area contributed by atoms with Crippen molar-refractivity contribution in [3.05, 3.63) is 65.6 Å². The minimum Gasteiger partial charge on any atom is -0.467 e. The summed E-state index contributed by atoms with van der Waals surface area (Å²) in [5, 5.41) is 1.04. The van der Waals surface area contributed by atoms with Gasteiger partial charge in [0.1, 0.15) is 11.9 Å². The van der Waals surface area contributed by atoms with Crippen LogP contribution in [0.4, 0.5) is 0 Å². The number of para-hydroxylation sites is 1. The first-order valence-corrected chi connectivity index (χ1v) is 9.13. The minimum absolute atomic E-state index is 0.218. The van der Waals surface area contributed by atoms with Crippen molar-refractivity contribution in [3.8, 4) is 0 Å². The molecule has 1 aliphatic rings. The molecule has 1 aromatic carbocycles. The van der Waals surface area contributed by atoms with Crippen molar-refractivity contribution in [2.45, 2.75) is 18.5 Å². The number of aromatic amines is 1. The van der Waals surface area contributed by atoms with Crippen LogP contribution < -0.4 is 0 Å². The Bertz CT molecular complexity index is 1000. The molecule has 2 unspecified atom stereocenters. The predicted octanol–water partition coefficient (Wildman–Crippen LogP) is 2.82. The van der Waals surface area contributed by atoms with E-state index in [2.05, 4.69) is 9.97 Å². The van der Waals surface area contributed by atoms with Gasteiger partial charge in [-0.2, -0.15) is 0 Å². The van der Waals surface area contributed by atoms with Crippen molar-refractivity contribution in [2.75, 3.05) is 13.0 Å². The summed E-state index contributed by atoms with van der Waals surface area (Å²) in [5.41, 5.74) is 3.72. The molecule has 2 atom stereocenters. The summed E-state index contributed by atoms with van der Waals surface area (Å²) >= 11 is 5.89. The zero-order chi connectivity index (χ0) is 19.0. The third-order valence-electron chi connectivity index (χ3n) is 5.03. The summed E-state index contributed by atoms with van der Waals surface area (Å²) < 4.78 is 5.00. The van der Waals surface area contributed by atoms with Crippen molar-refractivity contribution in [3.63, 3.8) is 0 Å². The van der Waals surface area contributed by atoms with E-state index in [9.17, 15) is 9.59 Å². The lowest BCUT2D eigenvalue weighted by Gasteiger charge is -2.40. The number of ether oxygens (including phenoxy) is 1. The second-order valence-electron chi connectivity index (χ2n) is 6.42. The molecule has 27 heavy (non-hydrogen) atoms. The van der Waals surface area contributed by atoms with Crippen LogP contribution in [0.3, 0.4) is 0 Å². The summed E-state index contributed by atoms with van der Waals surface area (Å²) in [7, 11) is 1.33. The third-order valence-corrected chi connectivity index (χ3v) is 5.26. The number of halogens is 1. The van der Waals surface area contributed by atoms with Crippen LogP contribution >= 0.6 is 11.6 Å². The second-order valence-corrected chi connectivity index (χ2v) is 6.69. The van der Waals surface area contributed by atoms with Gasteiger partial charge in [0.2, 0.25) is 5.91 Å². The maximum Gasteiger partial charge on any atom is 0.328 e. The molecule has 1 amide bonds. The topological polar surface area (TPSA) is 75.3 Å². The van der Waals surface area contributed by atoms with Crippen molar-refractivity contribution >= 4 is 34.4 Å². The highest BCUT2D eigenvalue weighted by Gasteiger charge is 2.43. The Hall–Kier alpha value is -2.86. The van der Waals surface area contributed by atoms with E-state index in [1.807, 2.05) is 36.4 Å². The predicted molar refractivity (Wildman–Crippen MR) is 101 cm³/mol. The second kappa shape index (κ2) is 7.04. The number of benzene rings is 1. The Balaban J connectivity index is 1.98. The maximum atomic E-state index is 12.8. The van der Waals surface area contributed by atoms with Crippen molar-refractivity contribution in [2.24, 2.45) is 0 Å². The molecule has 0 spiro atoms. The van der Waals surface area contributed by atoms with Gasteiger partial charge in [-0.15, -0.1) is 11.6 Å². The number of pyridine rings is 1. The zero-order valence-electron chi connectivity index (χ0n) is 14.7. The van der Waals surface area contributed by atoms with Gasteiger partial charge in [-0.1, -0.05) is 18.2 Å². The molecule has 3 heterocycles. The van der Waals surface area contributed by atoms with E-state index in [0.29, 0.717) is 6.42 Å². The zero-order valence-corrected chi connectivity index (χ0v) is 15.4. The molecule has 6 nitrogen and oxygen atoms in total. The number of hydrogen-bond donors (Lipinski definition) is 1. The summed E-state index contributed by atoms with van der Waals surface area (Å²) in [6.45, 7) is 0. The van der Waals surface area contributed by atoms with Crippen LogP contribution in [0.5, 0.6) is 0 Å². The molecule has 0 aliphatic carbocycles. The average Bonchev–Trinajstić information content (AvgIpc) is 3.10. The van der Waals surface area contributed by atoms with E-state index in [1.54, 1.807) is 12.4 Å². The Morgan fingerprint density at radius 2 is 2.00 bits per heavy atom. The molecule has 4 rings (SSSR count). The number of amides is 1. The number of nitrogens with one attached hydrogen (secondary N) is 1. The third kappa shape index (κ3) is 2.86. The smallest absolute Gasteiger partial charge is 0.328 e. The Labute approximate surface area is 161 Å². The van der Waals surface area contributed by atoms with E-state index in [4.69, 9.17) is 16.3 Å². The van der Waals surface area contributed by atoms with Gasteiger partial charge in [-0.25, -0.2) is 4.79 Å². The van der Waals surface area contributed by atoms with Gasteiger partial charge >= 0.3 is 5.97 Å². The van der Waals surface area contributed by atoms with Crippen molar-refractivity contribution in [1.29, 1.82) is 0 Å². The number of fused-ring (bicyclic) bond motifs is 3. The fourth-order valence-corrected chi connectivity index (χ4v) is 4.02. The molecule has 2 aromatic heterocycles. The first-order chi connectivity index (χ1) is 13.2. The van der Waals surface area contributed by atoms with E-state index < -0.39 is 18.1 Å². The van der Waals surface area contributed by atoms with Crippen LogP contribution in [0.1, 0.15) is 22.9 Å². The first kappa shape index (κ1) is 17.5. The van der Waals surface area contributed by atoms with Crippen LogP contribution in [0.25, 0.3) is 10.9 Å². The van der Waals surface area contributed by atoms with Gasteiger partial charge in [0.25, 0.3) is 0 Å². The molecule has 1 N–H and O–H groups in total. The van der Waals surface area contributed by atoms with Gasteiger partial charge < -0.3 is 14.6 Å². The van der Waals surface area contributed by atoms with Crippen LogP contribution in [0.2, 0.25) is 0 Å². The fourth-order valence-electron chi connectivity index (χ4n) is 3.88. The molecule has 0 fully saturated rings. The fraction of sp³-hybridized carbons (Fsp3) is 0.250. The highest BCUT2D eigenvalue weighted by Crippen LogP contribution is 2.41. The Morgan fingerprint density at radius 3 is 2.70 bits per heavy atom. The number of carbonyl (C=O) groups excluding carboxylic acids is 2. The first-order valence-electron chi connectivity index (χ1n) is 8.60. The lowest BCUT2D eigenvalue weighted by Crippen LogP contribution is -2.52. The summed E-state index contributed by atoms with van der Waals surface area (Å²) in [5.74, 6) is -0.994. The highest BCUT2D eigenvalue weighted by molar-refractivity contribution is 6.27. The SMILES string of the molecule is COC(=O)C1Cc2c([nH]c3ccccc23)C(c2ccncc2)N1C(=O)CCl. The summed E-state index contributed by atoms with van der Waals surface area (Å²) in [6, 6.07) is 10.4. The van der Waals surface area contributed by atoms with Crippen LogP contribution in [-0.2, 0) is 20.7 Å². The molecular formula is C20H18ClN3O3. The molecule has 3 aromatic rings. The number of rotatable bonds is 3. The Morgan fingerprint density at radius 1 is 1.26 bits per heavy atom. The van der Waals surface area contributed by atoms with Gasteiger partial charge in [0, 0.05) is 35.4 Å². The number of H-pyrrole nitrogens is 1. The molecule has 138 valence electrons. The molecule has 0 bridgehead atoms. The summed E-state index contributed by atoms with van der Waals surface area (Å²) in [6.07, 6.45) is 3.71. The lowest BCUT2D eigenvalue weighted by molar-refractivity contribution is -0.154. The molecule has 0 saturated carbocycles. The number of methoxy groups -OCH3 is 1. The van der Waals surface area contributed by atoms with Crippen LogP contribution in [-0.4, -0.2) is 45.8 Å². The quantitative estimate of drug-likeness (QED) is 0.557. The number of esters is 1. The number of nitrogens with zero attached hydrogens (tertiary/aromatic N) is 2. The number of hydrogen-bond acceptors (Lipinski definition) is 4. The Kier molecular flexibility index (Phi) is 4.58. The van der Waals surface area contributed by atoms with E-state index in [-0.39, 0.29) is 11.8 Å². The molecular weight excluding hydrogens is 366 g/mol. The summed E-state index contributed by atoms with van der Waals surface area (Å²) in [4.78, 5) is 34.4. The van der Waals surface area contributed by atoms with Crippen LogP contribution in [0.15, 0.2) is 48.8 Å². The lowest BCUT2D eigenvalue weighted by atomic mass is 9.88. The molecule has 1 aliphatic heterocycles. The van der Waals surface area contributed by atoms with E-state index in [1.165, 1.54) is 12.0 Å². The number of carbonyl (C=O) groups is 2. The average molecular weight is 384 g/mol. The standard InChI is InChI=1S/C20H18ClN3O3/c1-27-20(26)16-10-14-13-4-2-3-5-15(13)23-18(14)19(24(16)17(25)11-21)12-6-8-22-9-7-12/h2-9,16,19,23H,10-11H2,1H3. The highest BCUT2D eigenvalue weighted by atomic mass is 35.5. The maximum absolute atomic E-state index is 12.8. The molecule has 0 saturated heterocycles. The van der Waals surface area contributed by atoms with Gasteiger partial charge in [0.05, 0.1) is 13.2 Å². The molecule has 7 heteroatoms. The number of aromatic nitrogens is 2. The van der Waals surface area contributed by atoms with E-state index in [0.717, 1.165) is 27.7 Å². The number of alkyl halides is 1. The van der Waals surface area contributed by atoms with Crippen molar-refractivity contribution in [1.82, 2.24) is 14.9 Å². The minimum atomic E-state index is -0.744. The monoisotopic (exact) mass is 383 g/mol. The van der Waals surface area contributed by atoms with Gasteiger partial charge in [0.15, 0.2) is 0 Å². The van der Waals surface area contributed by atoms with Crippen LogP contribution in [0, 0.1) is 0 Å². The normalized spacial score (nSPS) is 19.0. The van der Waals surface area contributed by atoms with E-state index >= 15 is 0 Å². The molecule has 0 radical (unpaired) electrons.